The quantitative estimate of drug-likeness (QED) is 0.806. The summed E-state index contributed by atoms with van der Waals surface area (Å²) in [6.07, 6.45) is 1.97. The Balaban J connectivity index is 0.00000220. The van der Waals surface area contributed by atoms with Gasteiger partial charge < -0.3 is 5.32 Å². The molecule has 0 amide bonds. The molecule has 0 fully saturated rings. The first-order valence-electron chi connectivity index (χ1n) is 7.29. The molecule has 0 aliphatic carbocycles. The van der Waals surface area contributed by atoms with Crippen molar-refractivity contribution in [3.63, 3.8) is 0 Å². The number of sulfonamides is 1. The number of benzene rings is 1. The highest BCUT2D eigenvalue weighted by Crippen LogP contribution is 2.17. The van der Waals surface area contributed by atoms with E-state index in [0.717, 1.165) is 31.5 Å². The van der Waals surface area contributed by atoms with E-state index in [1.165, 1.54) is 11.1 Å². The van der Waals surface area contributed by atoms with Crippen LogP contribution in [-0.4, -0.2) is 14.2 Å². The Bertz CT molecular complexity index is 561. The zero-order valence-corrected chi connectivity index (χ0v) is 14.3. The van der Waals surface area contributed by atoms with Crippen LogP contribution in [0, 0.1) is 5.92 Å². The molecule has 1 atom stereocenters. The first-order chi connectivity index (χ1) is 9.50. The van der Waals surface area contributed by atoms with Crippen molar-refractivity contribution in [2.24, 2.45) is 5.92 Å². The van der Waals surface area contributed by atoms with Gasteiger partial charge in [-0.2, -0.15) is 0 Å². The second kappa shape index (κ2) is 8.13. The first-order valence-corrected chi connectivity index (χ1v) is 8.94. The third kappa shape index (κ3) is 5.58. The Morgan fingerprint density at radius 2 is 2.00 bits per heavy atom. The molecule has 1 aliphatic rings. The van der Waals surface area contributed by atoms with Crippen molar-refractivity contribution in [3.05, 3.63) is 34.9 Å². The van der Waals surface area contributed by atoms with Gasteiger partial charge >= 0.3 is 0 Å². The van der Waals surface area contributed by atoms with E-state index in [9.17, 15) is 8.42 Å². The summed E-state index contributed by atoms with van der Waals surface area (Å²) in [5, 5.41) is 3.29. The van der Waals surface area contributed by atoms with Crippen LogP contribution in [-0.2, 0) is 29.7 Å². The fourth-order valence-electron chi connectivity index (χ4n) is 2.66. The number of nitrogens with one attached hydrogen (secondary N) is 2. The maximum Gasteiger partial charge on any atom is 0.212 e. The molecule has 2 N–H and O–H groups in total. The van der Waals surface area contributed by atoms with Gasteiger partial charge in [-0.15, -0.1) is 12.4 Å². The molecule has 1 aliphatic heterocycles. The molecule has 0 bridgehead atoms. The van der Waals surface area contributed by atoms with Crippen molar-refractivity contribution >= 4 is 22.4 Å². The third-order valence-electron chi connectivity index (χ3n) is 3.68. The topological polar surface area (TPSA) is 58.2 Å². The van der Waals surface area contributed by atoms with Gasteiger partial charge in [-0.25, -0.2) is 13.1 Å². The van der Waals surface area contributed by atoms with Crippen LogP contribution < -0.4 is 10.0 Å². The van der Waals surface area contributed by atoms with E-state index >= 15 is 0 Å². The molecular weight excluding hydrogens is 308 g/mol. The number of hydrogen-bond donors (Lipinski definition) is 2. The minimum absolute atomic E-state index is 0. The zero-order chi connectivity index (χ0) is 14.6. The van der Waals surface area contributed by atoms with Gasteiger partial charge in [-0.1, -0.05) is 38.5 Å². The maximum atomic E-state index is 12.0. The molecule has 6 heteroatoms. The Hall–Kier alpha value is -0.620. The van der Waals surface area contributed by atoms with Crippen LogP contribution in [0.15, 0.2) is 18.2 Å². The average Bonchev–Trinajstić information content (AvgIpc) is 2.83. The van der Waals surface area contributed by atoms with Gasteiger partial charge in [0, 0.05) is 19.6 Å². The molecule has 0 aromatic heterocycles. The Morgan fingerprint density at radius 1 is 1.29 bits per heavy atom. The van der Waals surface area contributed by atoms with Crippen LogP contribution >= 0.6 is 12.4 Å². The van der Waals surface area contributed by atoms with E-state index in [1.54, 1.807) is 0 Å². The number of rotatable bonds is 7. The summed E-state index contributed by atoms with van der Waals surface area (Å²) in [4.78, 5) is 0. The lowest BCUT2D eigenvalue weighted by Crippen LogP contribution is -2.28. The van der Waals surface area contributed by atoms with E-state index in [-0.39, 0.29) is 24.1 Å². The van der Waals surface area contributed by atoms with Gasteiger partial charge in [0.05, 0.1) is 5.75 Å². The van der Waals surface area contributed by atoms with Crippen LogP contribution in [0.25, 0.3) is 0 Å². The molecule has 0 spiro atoms. The zero-order valence-electron chi connectivity index (χ0n) is 12.7. The maximum absolute atomic E-state index is 12.0. The predicted molar refractivity (Wildman–Crippen MR) is 88.9 cm³/mol. The highest BCUT2D eigenvalue weighted by Gasteiger charge is 2.15. The summed E-state index contributed by atoms with van der Waals surface area (Å²) in [5.74, 6) is 0.426. The SMILES string of the molecule is CCCC(C)CS(=O)(=O)NCc1ccc2c(c1)CNC2.Cl. The number of halogens is 1. The monoisotopic (exact) mass is 332 g/mol. The molecular formula is C15H25ClN2O2S. The molecule has 0 saturated carbocycles. The van der Waals surface area contributed by atoms with Crippen LogP contribution in [0.1, 0.15) is 43.4 Å². The average molecular weight is 333 g/mol. The van der Waals surface area contributed by atoms with Crippen molar-refractivity contribution in [2.45, 2.75) is 46.3 Å². The van der Waals surface area contributed by atoms with Gasteiger partial charge in [0.1, 0.15) is 0 Å². The fourth-order valence-corrected chi connectivity index (χ4v) is 4.08. The van der Waals surface area contributed by atoms with Crippen molar-refractivity contribution in [3.8, 4) is 0 Å². The Labute approximate surface area is 134 Å². The molecule has 1 unspecified atom stereocenters. The smallest absolute Gasteiger partial charge is 0.212 e. The van der Waals surface area contributed by atoms with Crippen molar-refractivity contribution in [2.75, 3.05) is 5.75 Å². The third-order valence-corrected chi connectivity index (χ3v) is 5.28. The van der Waals surface area contributed by atoms with Gasteiger partial charge in [-0.05, 0) is 29.0 Å². The van der Waals surface area contributed by atoms with E-state index in [4.69, 9.17) is 0 Å². The molecule has 0 radical (unpaired) electrons. The lowest BCUT2D eigenvalue weighted by Gasteiger charge is -2.12. The van der Waals surface area contributed by atoms with Crippen LogP contribution in [0.5, 0.6) is 0 Å². The minimum atomic E-state index is -3.18. The highest BCUT2D eigenvalue weighted by atomic mass is 35.5. The summed E-state index contributed by atoms with van der Waals surface area (Å²) in [6, 6.07) is 6.18. The second-order valence-electron chi connectivity index (χ2n) is 5.70. The van der Waals surface area contributed by atoms with E-state index in [0.29, 0.717) is 6.54 Å². The van der Waals surface area contributed by atoms with Crippen LogP contribution in [0.3, 0.4) is 0 Å². The van der Waals surface area contributed by atoms with Crippen LogP contribution in [0.2, 0.25) is 0 Å². The summed E-state index contributed by atoms with van der Waals surface area (Å²) in [7, 11) is -3.18. The number of hydrogen-bond acceptors (Lipinski definition) is 3. The molecule has 2 rings (SSSR count). The lowest BCUT2D eigenvalue weighted by atomic mass is 10.1. The van der Waals surface area contributed by atoms with Crippen molar-refractivity contribution in [1.29, 1.82) is 0 Å². The van der Waals surface area contributed by atoms with Crippen molar-refractivity contribution < 1.29 is 8.42 Å². The van der Waals surface area contributed by atoms with E-state index < -0.39 is 10.0 Å². The summed E-state index contributed by atoms with van der Waals surface area (Å²) in [5.41, 5.74) is 3.62. The molecule has 4 nitrogen and oxygen atoms in total. The van der Waals surface area contributed by atoms with Crippen molar-refractivity contribution in [1.82, 2.24) is 10.0 Å². The molecule has 1 heterocycles. The molecule has 1 aromatic rings. The Kier molecular flexibility index (Phi) is 7.13. The largest absolute Gasteiger partial charge is 0.309 e. The van der Waals surface area contributed by atoms with Gasteiger partial charge in [0.25, 0.3) is 0 Å². The molecule has 0 saturated heterocycles. The molecule has 1 aromatic carbocycles. The minimum Gasteiger partial charge on any atom is -0.309 e. The summed E-state index contributed by atoms with van der Waals surface area (Å²) < 4.78 is 26.7. The summed E-state index contributed by atoms with van der Waals surface area (Å²) >= 11 is 0. The first kappa shape index (κ1) is 18.4. The van der Waals surface area contributed by atoms with Gasteiger partial charge in [0.15, 0.2) is 0 Å². The number of fused-ring (bicyclic) bond motifs is 1. The normalized spacial score (nSPS) is 15.3. The highest BCUT2D eigenvalue weighted by molar-refractivity contribution is 7.89. The molecule has 21 heavy (non-hydrogen) atoms. The Morgan fingerprint density at radius 3 is 2.71 bits per heavy atom. The fraction of sp³-hybridized carbons (Fsp3) is 0.600. The van der Waals surface area contributed by atoms with E-state index in [1.807, 2.05) is 13.0 Å². The standard InChI is InChI=1S/C15H24N2O2S.ClH/c1-3-4-12(2)11-20(18,19)17-8-13-5-6-14-9-16-10-15(14)7-13;/h5-7,12,16-17H,3-4,8-11H2,1-2H3;1H. The van der Waals surface area contributed by atoms with E-state index in [2.05, 4.69) is 29.1 Å². The lowest BCUT2D eigenvalue weighted by molar-refractivity contribution is 0.536. The van der Waals surface area contributed by atoms with Gasteiger partial charge in [-0.3, -0.25) is 0 Å². The molecule has 120 valence electrons. The van der Waals surface area contributed by atoms with Crippen LogP contribution in [0.4, 0.5) is 0 Å². The summed E-state index contributed by atoms with van der Waals surface area (Å²) in [6.45, 7) is 6.24. The van der Waals surface area contributed by atoms with Gasteiger partial charge in [0.2, 0.25) is 10.0 Å². The second-order valence-corrected chi connectivity index (χ2v) is 7.55. The predicted octanol–water partition coefficient (Wildman–Crippen LogP) is 2.57.